The Morgan fingerprint density at radius 2 is 1.95 bits per heavy atom. The van der Waals surface area contributed by atoms with Gasteiger partial charge in [0.05, 0.1) is 5.69 Å². The molecule has 0 unspecified atom stereocenters. The number of nitrogens with two attached hydrogens (primary N) is 1. The van der Waals surface area contributed by atoms with Crippen LogP contribution >= 0.6 is 0 Å². The highest BCUT2D eigenvalue weighted by Crippen LogP contribution is 2.12. The Morgan fingerprint density at radius 3 is 2.52 bits per heavy atom. The quantitative estimate of drug-likeness (QED) is 0.859. The number of carbonyl (C=O) groups excluding carboxylic acids is 1. The Labute approximate surface area is 125 Å². The van der Waals surface area contributed by atoms with Crippen LogP contribution in [0, 0.1) is 5.92 Å². The summed E-state index contributed by atoms with van der Waals surface area (Å²) in [6.07, 6.45) is 1.79. The van der Waals surface area contributed by atoms with Crippen LogP contribution in [-0.2, 0) is 0 Å². The topological polar surface area (TPSA) is 64.2 Å². The van der Waals surface area contributed by atoms with Gasteiger partial charge >= 0.3 is 0 Å². The van der Waals surface area contributed by atoms with E-state index in [4.69, 9.17) is 5.73 Å². The Bertz CT molecular complexity index is 601. The van der Waals surface area contributed by atoms with Crippen LogP contribution in [-0.4, -0.2) is 33.7 Å². The van der Waals surface area contributed by atoms with Crippen molar-refractivity contribution < 1.29 is 4.79 Å². The summed E-state index contributed by atoms with van der Waals surface area (Å²) in [6.45, 7) is 7.61. The van der Waals surface area contributed by atoms with Crippen molar-refractivity contribution in [3.05, 3.63) is 42.2 Å². The molecule has 1 aromatic heterocycles. The third kappa shape index (κ3) is 3.62. The lowest BCUT2D eigenvalue weighted by atomic mass is 10.2. The van der Waals surface area contributed by atoms with Gasteiger partial charge in [0.15, 0.2) is 5.69 Å². The van der Waals surface area contributed by atoms with Gasteiger partial charge in [-0.25, -0.2) is 4.68 Å². The number of rotatable bonds is 5. The highest BCUT2D eigenvalue weighted by atomic mass is 16.2. The van der Waals surface area contributed by atoms with Gasteiger partial charge in [-0.15, -0.1) is 0 Å². The van der Waals surface area contributed by atoms with E-state index in [0.29, 0.717) is 23.8 Å². The summed E-state index contributed by atoms with van der Waals surface area (Å²) in [5, 5.41) is 4.37. The highest BCUT2D eigenvalue weighted by molar-refractivity contribution is 5.92. The van der Waals surface area contributed by atoms with Crippen LogP contribution in [0.5, 0.6) is 0 Å². The molecule has 1 heterocycles. The standard InChI is InChI=1S/C16H22N4O/c1-4-19(11-12(2)3)16(21)15-9-10-20(18-15)14-7-5-13(17)6-8-14/h5-10,12H,4,11,17H2,1-3H3. The van der Waals surface area contributed by atoms with Gasteiger partial charge in [0.25, 0.3) is 5.91 Å². The summed E-state index contributed by atoms with van der Waals surface area (Å²) < 4.78 is 1.69. The van der Waals surface area contributed by atoms with Crippen molar-refractivity contribution in [2.45, 2.75) is 20.8 Å². The fourth-order valence-electron chi connectivity index (χ4n) is 2.17. The number of aromatic nitrogens is 2. The van der Waals surface area contributed by atoms with Gasteiger partial charge in [-0.2, -0.15) is 5.10 Å². The molecule has 0 atom stereocenters. The molecule has 5 nitrogen and oxygen atoms in total. The zero-order valence-electron chi connectivity index (χ0n) is 12.8. The minimum absolute atomic E-state index is 0.0274. The summed E-state index contributed by atoms with van der Waals surface area (Å²) in [6, 6.07) is 9.14. The van der Waals surface area contributed by atoms with Gasteiger partial charge in [0, 0.05) is 25.0 Å². The van der Waals surface area contributed by atoms with Crippen molar-refractivity contribution in [3.8, 4) is 5.69 Å². The third-order valence-electron chi connectivity index (χ3n) is 3.22. The number of amides is 1. The van der Waals surface area contributed by atoms with E-state index >= 15 is 0 Å². The molecule has 0 aliphatic carbocycles. The lowest BCUT2D eigenvalue weighted by Gasteiger charge is -2.21. The number of nitrogen functional groups attached to an aromatic ring is 1. The molecule has 0 aliphatic heterocycles. The fourth-order valence-corrected chi connectivity index (χ4v) is 2.17. The molecule has 1 aromatic carbocycles. The van der Waals surface area contributed by atoms with Crippen molar-refractivity contribution >= 4 is 11.6 Å². The molecule has 2 N–H and O–H groups in total. The second kappa shape index (κ2) is 6.43. The number of carbonyl (C=O) groups is 1. The maximum atomic E-state index is 12.4. The molecule has 0 bridgehead atoms. The molecular weight excluding hydrogens is 264 g/mol. The molecular formula is C16H22N4O. The van der Waals surface area contributed by atoms with Crippen LogP contribution in [0.25, 0.3) is 5.69 Å². The van der Waals surface area contributed by atoms with E-state index in [1.165, 1.54) is 0 Å². The van der Waals surface area contributed by atoms with Crippen molar-refractivity contribution in [1.82, 2.24) is 14.7 Å². The number of anilines is 1. The molecule has 1 amide bonds. The second-order valence-corrected chi connectivity index (χ2v) is 5.47. The monoisotopic (exact) mass is 286 g/mol. The van der Waals surface area contributed by atoms with E-state index in [0.717, 1.165) is 12.2 Å². The van der Waals surface area contributed by atoms with Crippen LogP contribution < -0.4 is 5.73 Å². The first-order valence-corrected chi connectivity index (χ1v) is 7.22. The number of hydrogen-bond donors (Lipinski definition) is 1. The zero-order valence-corrected chi connectivity index (χ0v) is 12.8. The van der Waals surface area contributed by atoms with Crippen LogP contribution in [0.15, 0.2) is 36.5 Å². The maximum absolute atomic E-state index is 12.4. The molecule has 112 valence electrons. The van der Waals surface area contributed by atoms with Gasteiger partial charge in [-0.05, 0) is 43.2 Å². The number of nitrogens with zero attached hydrogens (tertiary/aromatic N) is 3. The second-order valence-electron chi connectivity index (χ2n) is 5.47. The average molecular weight is 286 g/mol. The van der Waals surface area contributed by atoms with E-state index in [9.17, 15) is 4.79 Å². The molecule has 0 spiro atoms. The summed E-state index contributed by atoms with van der Waals surface area (Å²) >= 11 is 0. The Morgan fingerprint density at radius 1 is 1.29 bits per heavy atom. The molecule has 0 radical (unpaired) electrons. The van der Waals surface area contributed by atoms with Crippen molar-refractivity contribution in [2.24, 2.45) is 5.92 Å². The first-order valence-electron chi connectivity index (χ1n) is 7.22. The Hall–Kier alpha value is -2.30. The van der Waals surface area contributed by atoms with Crippen LogP contribution in [0.4, 0.5) is 5.69 Å². The van der Waals surface area contributed by atoms with Gasteiger partial charge in [-0.3, -0.25) is 4.79 Å². The van der Waals surface area contributed by atoms with Gasteiger partial charge in [0.1, 0.15) is 0 Å². The summed E-state index contributed by atoms with van der Waals surface area (Å²) in [5.41, 5.74) is 7.73. The lowest BCUT2D eigenvalue weighted by molar-refractivity contribution is 0.0739. The number of hydrogen-bond acceptors (Lipinski definition) is 3. The minimum atomic E-state index is -0.0274. The molecule has 0 fully saturated rings. The fraction of sp³-hybridized carbons (Fsp3) is 0.375. The predicted molar refractivity (Wildman–Crippen MR) is 84.4 cm³/mol. The van der Waals surface area contributed by atoms with E-state index < -0.39 is 0 Å². The van der Waals surface area contributed by atoms with Gasteiger partial charge in [-0.1, -0.05) is 13.8 Å². The van der Waals surface area contributed by atoms with Crippen LogP contribution in [0.1, 0.15) is 31.3 Å². The first kappa shape index (κ1) is 15.1. The van der Waals surface area contributed by atoms with E-state index in [1.807, 2.05) is 36.1 Å². The first-order chi connectivity index (χ1) is 10.0. The zero-order chi connectivity index (χ0) is 15.4. The predicted octanol–water partition coefficient (Wildman–Crippen LogP) is 2.57. The lowest BCUT2D eigenvalue weighted by Crippen LogP contribution is -2.34. The van der Waals surface area contributed by atoms with Crippen LogP contribution in [0.3, 0.4) is 0 Å². The normalized spacial score (nSPS) is 10.9. The number of benzene rings is 1. The summed E-state index contributed by atoms with van der Waals surface area (Å²) in [5.74, 6) is 0.411. The molecule has 21 heavy (non-hydrogen) atoms. The van der Waals surface area contributed by atoms with Crippen molar-refractivity contribution in [3.63, 3.8) is 0 Å². The Balaban J connectivity index is 2.18. The summed E-state index contributed by atoms with van der Waals surface area (Å²) in [7, 11) is 0. The van der Waals surface area contributed by atoms with E-state index in [1.54, 1.807) is 16.9 Å². The minimum Gasteiger partial charge on any atom is -0.399 e. The maximum Gasteiger partial charge on any atom is 0.274 e. The molecule has 5 heteroatoms. The highest BCUT2D eigenvalue weighted by Gasteiger charge is 2.18. The smallest absolute Gasteiger partial charge is 0.274 e. The van der Waals surface area contributed by atoms with Crippen LogP contribution in [0.2, 0.25) is 0 Å². The van der Waals surface area contributed by atoms with E-state index in [-0.39, 0.29) is 5.91 Å². The van der Waals surface area contributed by atoms with Gasteiger partial charge < -0.3 is 10.6 Å². The SMILES string of the molecule is CCN(CC(C)C)C(=O)c1ccn(-c2ccc(N)cc2)n1. The third-order valence-corrected chi connectivity index (χ3v) is 3.22. The molecule has 0 aliphatic rings. The molecule has 2 rings (SSSR count). The summed E-state index contributed by atoms with van der Waals surface area (Å²) in [4.78, 5) is 14.3. The Kier molecular flexibility index (Phi) is 4.62. The average Bonchev–Trinajstić information content (AvgIpc) is 2.94. The van der Waals surface area contributed by atoms with Crippen molar-refractivity contribution in [2.75, 3.05) is 18.8 Å². The largest absolute Gasteiger partial charge is 0.399 e. The van der Waals surface area contributed by atoms with E-state index in [2.05, 4.69) is 18.9 Å². The van der Waals surface area contributed by atoms with Crippen molar-refractivity contribution in [1.29, 1.82) is 0 Å². The molecule has 0 saturated heterocycles. The van der Waals surface area contributed by atoms with Gasteiger partial charge in [0.2, 0.25) is 0 Å². The molecule has 2 aromatic rings. The molecule has 0 saturated carbocycles.